The van der Waals surface area contributed by atoms with E-state index in [1.165, 1.54) is 32.4 Å². The van der Waals surface area contributed by atoms with Gasteiger partial charge < -0.3 is 9.64 Å². The highest BCUT2D eigenvalue weighted by molar-refractivity contribution is 5.31. The number of hydrogen-bond acceptors (Lipinski definition) is 3. The van der Waals surface area contributed by atoms with Crippen LogP contribution in [0.2, 0.25) is 0 Å². The molecular weight excluding hydrogens is 224 g/mol. The summed E-state index contributed by atoms with van der Waals surface area (Å²) in [5.74, 6) is 0. The summed E-state index contributed by atoms with van der Waals surface area (Å²) < 4.78 is 5.67. The highest BCUT2D eigenvalue weighted by Gasteiger charge is 2.08. The second-order valence-electron chi connectivity index (χ2n) is 4.76. The van der Waals surface area contributed by atoms with Gasteiger partial charge in [0.2, 0.25) is 0 Å². The third-order valence-electron chi connectivity index (χ3n) is 3.35. The molecule has 0 radical (unpaired) electrons. The molecule has 1 fully saturated rings. The molecule has 0 bridgehead atoms. The van der Waals surface area contributed by atoms with Crippen LogP contribution in [-0.4, -0.2) is 31.1 Å². The number of benzene rings is 1. The van der Waals surface area contributed by atoms with Crippen LogP contribution in [0.3, 0.4) is 0 Å². The fraction of sp³-hybridized carbons (Fsp3) is 0.533. The van der Waals surface area contributed by atoms with E-state index in [2.05, 4.69) is 11.0 Å². The van der Waals surface area contributed by atoms with Crippen LogP contribution < -0.4 is 0 Å². The van der Waals surface area contributed by atoms with Crippen molar-refractivity contribution in [1.29, 1.82) is 5.26 Å². The molecule has 3 nitrogen and oxygen atoms in total. The molecule has 1 heterocycles. The van der Waals surface area contributed by atoms with Crippen LogP contribution in [0.5, 0.6) is 0 Å². The van der Waals surface area contributed by atoms with E-state index in [1.807, 2.05) is 24.3 Å². The SMILES string of the molecule is N#Cc1ccc(COCCN2CCCCC2)cc1. The quantitative estimate of drug-likeness (QED) is 0.747. The first-order valence-electron chi connectivity index (χ1n) is 6.67. The Morgan fingerprint density at radius 1 is 1.11 bits per heavy atom. The average molecular weight is 244 g/mol. The van der Waals surface area contributed by atoms with Crippen molar-refractivity contribution >= 4 is 0 Å². The fourth-order valence-corrected chi connectivity index (χ4v) is 2.24. The maximum atomic E-state index is 8.70. The van der Waals surface area contributed by atoms with E-state index < -0.39 is 0 Å². The largest absolute Gasteiger partial charge is 0.375 e. The van der Waals surface area contributed by atoms with Gasteiger partial charge in [0.25, 0.3) is 0 Å². The molecule has 0 unspecified atom stereocenters. The van der Waals surface area contributed by atoms with Gasteiger partial charge in [-0.3, -0.25) is 0 Å². The molecule has 3 heteroatoms. The van der Waals surface area contributed by atoms with Crippen LogP contribution >= 0.6 is 0 Å². The number of rotatable bonds is 5. The summed E-state index contributed by atoms with van der Waals surface area (Å²) in [6.45, 7) is 4.91. The van der Waals surface area contributed by atoms with Gasteiger partial charge in [0, 0.05) is 6.54 Å². The molecule has 96 valence electrons. The minimum absolute atomic E-state index is 0.638. The molecule has 0 spiro atoms. The van der Waals surface area contributed by atoms with Gasteiger partial charge in [-0.2, -0.15) is 5.26 Å². The molecule has 0 N–H and O–H groups in total. The summed E-state index contributed by atoms with van der Waals surface area (Å²) in [5, 5.41) is 8.70. The topological polar surface area (TPSA) is 36.3 Å². The lowest BCUT2D eigenvalue weighted by Crippen LogP contribution is -2.32. The average Bonchev–Trinajstić information content (AvgIpc) is 2.45. The predicted molar refractivity (Wildman–Crippen MR) is 71.1 cm³/mol. The maximum Gasteiger partial charge on any atom is 0.0991 e. The normalized spacial score (nSPS) is 16.4. The van der Waals surface area contributed by atoms with E-state index in [0.717, 1.165) is 18.7 Å². The van der Waals surface area contributed by atoms with E-state index in [9.17, 15) is 0 Å². The first-order chi connectivity index (χ1) is 8.88. The Bertz CT molecular complexity index is 388. The predicted octanol–water partition coefficient (Wildman–Crippen LogP) is 2.56. The molecule has 1 aliphatic heterocycles. The second kappa shape index (κ2) is 7.15. The molecule has 0 atom stereocenters. The molecule has 0 aliphatic carbocycles. The van der Waals surface area contributed by atoms with Crippen molar-refractivity contribution in [2.75, 3.05) is 26.2 Å². The van der Waals surface area contributed by atoms with Gasteiger partial charge in [-0.15, -0.1) is 0 Å². The van der Waals surface area contributed by atoms with Crippen LogP contribution in [-0.2, 0) is 11.3 Å². The lowest BCUT2D eigenvalue weighted by atomic mass is 10.1. The molecule has 1 aromatic rings. The molecule has 1 aliphatic rings. The maximum absolute atomic E-state index is 8.70. The van der Waals surface area contributed by atoms with Crippen LogP contribution in [0, 0.1) is 11.3 Å². The summed E-state index contributed by atoms with van der Waals surface area (Å²) in [4.78, 5) is 2.47. The molecule has 0 aromatic heterocycles. The van der Waals surface area contributed by atoms with Gasteiger partial charge >= 0.3 is 0 Å². The molecule has 2 rings (SSSR count). The van der Waals surface area contributed by atoms with Crippen molar-refractivity contribution in [3.05, 3.63) is 35.4 Å². The van der Waals surface area contributed by atoms with E-state index in [-0.39, 0.29) is 0 Å². The van der Waals surface area contributed by atoms with Crippen molar-refractivity contribution in [3.63, 3.8) is 0 Å². The third kappa shape index (κ3) is 4.14. The van der Waals surface area contributed by atoms with Crippen molar-refractivity contribution < 1.29 is 4.74 Å². The van der Waals surface area contributed by atoms with Gasteiger partial charge in [0.1, 0.15) is 0 Å². The smallest absolute Gasteiger partial charge is 0.0991 e. The Balaban J connectivity index is 1.63. The van der Waals surface area contributed by atoms with Gasteiger partial charge in [-0.25, -0.2) is 0 Å². The Hall–Kier alpha value is -1.37. The minimum atomic E-state index is 0.638. The van der Waals surface area contributed by atoms with Crippen molar-refractivity contribution in [2.24, 2.45) is 0 Å². The number of likely N-dealkylation sites (tertiary alicyclic amines) is 1. The number of piperidine rings is 1. The summed E-state index contributed by atoms with van der Waals surface area (Å²) in [6.07, 6.45) is 4.04. The standard InChI is InChI=1S/C15H20N2O/c16-12-14-4-6-15(7-5-14)13-18-11-10-17-8-2-1-3-9-17/h4-7H,1-3,8-11,13H2. The highest BCUT2D eigenvalue weighted by Crippen LogP contribution is 2.08. The molecule has 1 saturated heterocycles. The molecule has 1 aromatic carbocycles. The minimum Gasteiger partial charge on any atom is -0.375 e. The number of nitriles is 1. The van der Waals surface area contributed by atoms with Gasteiger partial charge in [0.15, 0.2) is 0 Å². The van der Waals surface area contributed by atoms with E-state index in [0.29, 0.717) is 12.2 Å². The highest BCUT2D eigenvalue weighted by atomic mass is 16.5. The number of ether oxygens (including phenoxy) is 1. The fourth-order valence-electron chi connectivity index (χ4n) is 2.24. The van der Waals surface area contributed by atoms with Gasteiger partial charge in [-0.1, -0.05) is 18.6 Å². The lowest BCUT2D eigenvalue weighted by Gasteiger charge is -2.26. The van der Waals surface area contributed by atoms with Crippen LogP contribution in [0.15, 0.2) is 24.3 Å². The van der Waals surface area contributed by atoms with Crippen molar-refractivity contribution in [2.45, 2.75) is 25.9 Å². The molecule has 0 amide bonds. The van der Waals surface area contributed by atoms with Gasteiger partial charge in [-0.05, 0) is 43.6 Å². The van der Waals surface area contributed by atoms with E-state index >= 15 is 0 Å². The first kappa shape index (κ1) is 13.1. The molecule has 0 saturated carbocycles. The Kier molecular flexibility index (Phi) is 5.19. The monoisotopic (exact) mass is 244 g/mol. The van der Waals surface area contributed by atoms with Crippen LogP contribution in [0.25, 0.3) is 0 Å². The molecule has 18 heavy (non-hydrogen) atoms. The number of hydrogen-bond donors (Lipinski definition) is 0. The second-order valence-corrected chi connectivity index (χ2v) is 4.76. The first-order valence-corrected chi connectivity index (χ1v) is 6.67. The Labute approximate surface area is 109 Å². The summed E-state index contributed by atoms with van der Waals surface area (Å²) in [7, 11) is 0. The summed E-state index contributed by atoms with van der Waals surface area (Å²) >= 11 is 0. The van der Waals surface area contributed by atoms with E-state index in [1.54, 1.807) is 0 Å². The summed E-state index contributed by atoms with van der Waals surface area (Å²) in [5.41, 5.74) is 1.83. The zero-order valence-electron chi connectivity index (χ0n) is 10.8. The third-order valence-corrected chi connectivity index (χ3v) is 3.35. The van der Waals surface area contributed by atoms with Gasteiger partial charge in [0.05, 0.1) is 24.8 Å². The summed E-state index contributed by atoms with van der Waals surface area (Å²) in [6, 6.07) is 9.71. The lowest BCUT2D eigenvalue weighted by molar-refractivity contribution is 0.0863. The Morgan fingerprint density at radius 2 is 1.83 bits per heavy atom. The Morgan fingerprint density at radius 3 is 2.50 bits per heavy atom. The zero-order valence-corrected chi connectivity index (χ0v) is 10.8. The van der Waals surface area contributed by atoms with Crippen LogP contribution in [0.1, 0.15) is 30.4 Å². The van der Waals surface area contributed by atoms with Crippen molar-refractivity contribution in [3.8, 4) is 6.07 Å². The van der Waals surface area contributed by atoms with E-state index in [4.69, 9.17) is 10.00 Å². The number of nitrogens with zero attached hydrogens (tertiary/aromatic N) is 2. The zero-order chi connectivity index (χ0) is 12.6. The van der Waals surface area contributed by atoms with Crippen molar-refractivity contribution in [1.82, 2.24) is 4.90 Å². The molecular formula is C15H20N2O. The van der Waals surface area contributed by atoms with Crippen LogP contribution in [0.4, 0.5) is 0 Å².